The van der Waals surface area contributed by atoms with Crippen molar-refractivity contribution < 1.29 is 19.1 Å². The van der Waals surface area contributed by atoms with Crippen LogP contribution in [0.2, 0.25) is 0 Å². The number of carbonyl (C=O) groups is 2. The molecule has 6 atom stereocenters. The molecule has 52 heavy (non-hydrogen) atoms. The van der Waals surface area contributed by atoms with Crippen LogP contribution in [0.5, 0.6) is 0 Å². The molecule has 2 aliphatic heterocycles. The van der Waals surface area contributed by atoms with Gasteiger partial charge >= 0.3 is 11.9 Å². The Kier molecular flexibility index (Phi) is 12.6. The van der Waals surface area contributed by atoms with Crippen molar-refractivity contribution in [2.24, 2.45) is 0 Å². The van der Waals surface area contributed by atoms with E-state index in [4.69, 9.17) is 9.47 Å². The molecule has 0 bridgehead atoms. The van der Waals surface area contributed by atoms with E-state index in [-0.39, 0.29) is 24.1 Å². The summed E-state index contributed by atoms with van der Waals surface area (Å²) in [7, 11) is 0. The van der Waals surface area contributed by atoms with Crippen molar-refractivity contribution >= 4 is 58.1 Å². The number of thiophene rings is 2. The predicted molar refractivity (Wildman–Crippen MR) is 218 cm³/mol. The minimum atomic E-state index is -0.247. The highest BCUT2D eigenvalue weighted by molar-refractivity contribution is 8.01. The maximum absolute atomic E-state index is 13.0. The Morgan fingerprint density at radius 1 is 0.635 bits per heavy atom. The number of aryl methyl sites for hydroxylation is 2. The third-order valence-electron chi connectivity index (χ3n) is 10.8. The molecule has 7 rings (SSSR count). The number of unbranched alkanes of at least 4 members (excludes halogenated alkanes) is 4. The lowest BCUT2D eigenvalue weighted by atomic mass is 9.80. The molecule has 0 saturated heterocycles. The molecular formula is C44H52O4S4. The van der Waals surface area contributed by atoms with E-state index in [9.17, 15) is 9.59 Å². The summed E-state index contributed by atoms with van der Waals surface area (Å²) in [5, 5.41) is 1.14. The van der Waals surface area contributed by atoms with E-state index in [0.717, 1.165) is 38.5 Å². The summed E-state index contributed by atoms with van der Waals surface area (Å²) >= 11 is 7.90. The van der Waals surface area contributed by atoms with Crippen LogP contribution in [0.25, 0.3) is 0 Å². The van der Waals surface area contributed by atoms with Gasteiger partial charge in [-0.25, -0.2) is 0 Å². The molecule has 276 valence electrons. The monoisotopic (exact) mass is 772 g/mol. The van der Waals surface area contributed by atoms with E-state index in [1.165, 1.54) is 64.4 Å². The molecule has 4 heterocycles. The normalized spacial score (nSPS) is 21.2. The van der Waals surface area contributed by atoms with Gasteiger partial charge in [0, 0.05) is 77.3 Å². The maximum Gasteiger partial charge on any atom is 0.306 e. The Bertz CT molecular complexity index is 1690. The molecular weight excluding hydrogens is 721 g/mol. The zero-order valence-electron chi connectivity index (χ0n) is 31.0. The van der Waals surface area contributed by atoms with Crippen molar-refractivity contribution in [1.29, 1.82) is 0 Å². The van der Waals surface area contributed by atoms with Crippen molar-refractivity contribution in [3.63, 3.8) is 0 Å². The molecule has 1 fully saturated rings. The second-order valence-electron chi connectivity index (χ2n) is 15.0. The van der Waals surface area contributed by atoms with Gasteiger partial charge in [-0.15, -0.1) is 46.2 Å². The van der Waals surface area contributed by atoms with Crippen LogP contribution in [-0.4, -0.2) is 22.4 Å². The molecule has 0 radical (unpaired) electrons. The number of esters is 2. The SMILES string of the molecule is CCCCCC(=O)OC(Cc1ccc(C)cc1)c1cc2c(s1)C1CC3Sc4cc(C(Cc5ccc(C)cc5)OC(=O)CCCCC)sc4C3CC1S2. The number of rotatable bonds is 16. The molecule has 2 aromatic carbocycles. The molecule has 0 spiro atoms. The highest BCUT2D eigenvalue weighted by atomic mass is 32.2. The van der Waals surface area contributed by atoms with Gasteiger partial charge in [0.2, 0.25) is 0 Å². The van der Waals surface area contributed by atoms with Crippen molar-refractivity contribution in [3.8, 4) is 0 Å². The van der Waals surface area contributed by atoms with E-state index in [2.05, 4.69) is 112 Å². The van der Waals surface area contributed by atoms with Gasteiger partial charge in [0.1, 0.15) is 12.2 Å². The fourth-order valence-corrected chi connectivity index (χ4v) is 14.3. The highest BCUT2D eigenvalue weighted by Gasteiger charge is 2.49. The smallest absolute Gasteiger partial charge is 0.306 e. The van der Waals surface area contributed by atoms with Gasteiger partial charge in [0.25, 0.3) is 0 Å². The quantitative estimate of drug-likeness (QED) is 0.0835. The first-order valence-corrected chi connectivity index (χ1v) is 22.8. The van der Waals surface area contributed by atoms with Crippen LogP contribution in [0.4, 0.5) is 0 Å². The van der Waals surface area contributed by atoms with Crippen LogP contribution >= 0.6 is 46.2 Å². The topological polar surface area (TPSA) is 52.6 Å². The lowest BCUT2D eigenvalue weighted by molar-refractivity contribution is -0.150. The van der Waals surface area contributed by atoms with Crippen LogP contribution in [0.3, 0.4) is 0 Å². The van der Waals surface area contributed by atoms with E-state index in [1.807, 2.05) is 22.7 Å². The number of hydrogen-bond acceptors (Lipinski definition) is 8. The number of ether oxygens (including phenoxy) is 2. The largest absolute Gasteiger partial charge is 0.456 e. The summed E-state index contributed by atoms with van der Waals surface area (Å²) in [6, 6.07) is 22.0. The summed E-state index contributed by atoms with van der Waals surface area (Å²) in [5.41, 5.74) is 4.89. The van der Waals surface area contributed by atoms with Gasteiger partial charge < -0.3 is 9.47 Å². The average molecular weight is 773 g/mol. The third kappa shape index (κ3) is 8.88. The Morgan fingerprint density at radius 3 is 1.42 bits per heavy atom. The molecule has 8 heteroatoms. The Balaban J connectivity index is 1.05. The van der Waals surface area contributed by atoms with E-state index >= 15 is 0 Å². The van der Waals surface area contributed by atoms with E-state index in [1.54, 1.807) is 0 Å². The van der Waals surface area contributed by atoms with Crippen molar-refractivity contribution in [2.75, 3.05) is 0 Å². The molecule has 3 aliphatic rings. The minimum absolute atomic E-state index is 0.0783. The molecule has 6 unspecified atom stereocenters. The van der Waals surface area contributed by atoms with Gasteiger partial charge in [0.05, 0.1) is 0 Å². The number of fused-ring (bicyclic) bond motifs is 6. The zero-order valence-corrected chi connectivity index (χ0v) is 34.3. The number of thioether (sulfide) groups is 2. The second kappa shape index (κ2) is 17.3. The Morgan fingerprint density at radius 2 is 1.04 bits per heavy atom. The number of benzene rings is 2. The van der Waals surface area contributed by atoms with E-state index < -0.39 is 0 Å². The summed E-state index contributed by atoms with van der Waals surface area (Å²) in [6.45, 7) is 8.54. The Hall–Kier alpha value is -2.52. The van der Waals surface area contributed by atoms with Crippen LogP contribution in [-0.2, 0) is 31.9 Å². The first-order chi connectivity index (χ1) is 25.3. The van der Waals surface area contributed by atoms with Crippen LogP contribution < -0.4 is 0 Å². The van der Waals surface area contributed by atoms with E-state index in [0.29, 0.717) is 48.0 Å². The maximum atomic E-state index is 13.0. The first kappa shape index (κ1) is 37.8. The fourth-order valence-electron chi connectivity index (χ4n) is 7.85. The highest BCUT2D eigenvalue weighted by Crippen LogP contribution is 2.64. The summed E-state index contributed by atoms with van der Waals surface area (Å²) in [4.78, 5) is 34.1. The van der Waals surface area contributed by atoms with Crippen molar-refractivity contribution in [2.45, 2.75) is 149 Å². The molecule has 1 saturated carbocycles. The molecule has 1 aliphatic carbocycles. The van der Waals surface area contributed by atoms with Crippen molar-refractivity contribution in [1.82, 2.24) is 0 Å². The van der Waals surface area contributed by atoms with Gasteiger partial charge in [-0.3, -0.25) is 9.59 Å². The van der Waals surface area contributed by atoms with Gasteiger partial charge in [-0.05, 0) is 62.8 Å². The number of hydrogen-bond donors (Lipinski definition) is 0. The van der Waals surface area contributed by atoms with Gasteiger partial charge in [-0.1, -0.05) is 99.2 Å². The lowest BCUT2D eigenvalue weighted by Gasteiger charge is -2.34. The molecule has 0 N–H and O–H groups in total. The summed E-state index contributed by atoms with van der Waals surface area (Å²) < 4.78 is 12.5. The zero-order chi connectivity index (χ0) is 36.2. The first-order valence-electron chi connectivity index (χ1n) is 19.4. The standard InChI is InChI=1S/C44H52O4S4/c1-5-7-9-11-41(45)47-33(21-29-17-13-27(3)14-18-29)37-25-39-43(51-37)31-23-36-32(24-35(31)49-39)44-40(50-36)26-38(52-44)34(48-42(46)12-10-8-6-2)22-30-19-15-28(4)16-20-30/h13-20,25-26,31-36H,5-12,21-24H2,1-4H3. The second-order valence-corrected chi connectivity index (χ2v) is 19.8. The van der Waals surface area contributed by atoms with Crippen molar-refractivity contribution in [3.05, 3.63) is 102 Å². The molecule has 0 amide bonds. The third-order valence-corrected chi connectivity index (χ3v) is 16.6. The van der Waals surface area contributed by atoms with Crippen LogP contribution in [0.1, 0.15) is 144 Å². The average Bonchev–Trinajstić information content (AvgIpc) is 3.89. The van der Waals surface area contributed by atoms with Gasteiger partial charge in [-0.2, -0.15) is 0 Å². The lowest BCUT2D eigenvalue weighted by Crippen LogP contribution is -2.28. The van der Waals surface area contributed by atoms with Crippen LogP contribution in [0.15, 0.2) is 70.5 Å². The molecule has 2 aromatic heterocycles. The Labute approximate surface area is 326 Å². The summed E-state index contributed by atoms with van der Waals surface area (Å²) in [5.74, 6) is 0.926. The molecule has 4 nitrogen and oxygen atoms in total. The summed E-state index contributed by atoms with van der Waals surface area (Å²) in [6.07, 6.45) is 10.3. The number of carbonyl (C=O) groups excluding carboxylic acids is 2. The van der Waals surface area contributed by atoms with Gasteiger partial charge in [0.15, 0.2) is 0 Å². The molecule has 4 aromatic rings. The fraction of sp³-hybridized carbons (Fsp3) is 0.500. The minimum Gasteiger partial charge on any atom is -0.456 e. The predicted octanol–water partition coefficient (Wildman–Crippen LogP) is 12.9. The van der Waals surface area contributed by atoms with Crippen LogP contribution in [0, 0.1) is 13.8 Å².